The minimum Gasteiger partial charge on any atom is -0.370 e. The van der Waals surface area contributed by atoms with Gasteiger partial charge in [-0.05, 0) is 95.7 Å². The van der Waals surface area contributed by atoms with Gasteiger partial charge in [-0.15, -0.1) is 0 Å². The van der Waals surface area contributed by atoms with Crippen LogP contribution in [0.5, 0.6) is 0 Å². The third kappa shape index (κ3) is 6.65. The molecule has 1 aliphatic heterocycles. The number of hydrogen-bond donors (Lipinski definition) is 1. The van der Waals surface area contributed by atoms with Gasteiger partial charge in [0.25, 0.3) is 11.8 Å². The molecule has 4 aromatic rings. The second-order valence-corrected chi connectivity index (χ2v) is 11.4. The second-order valence-electron chi connectivity index (χ2n) is 11.4. The predicted molar refractivity (Wildman–Crippen MR) is 166 cm³/mol. The highest BCUT2D eigenvalue weighted by atomic mass is 16.2. The molecule has 3 amide bonds. The first-order chi connectivity index (χ1) is 20.3. The summed E-state index contributed by atoms with van der Waals surface area (Å²) in [6.07, 6.45) is 6.07. The van der Waals surface area contributed by atoms with Gasteiger partial charge in [0.05, 0.1) is 11.1 Å². The Kier molecular flexibility index (Phi) is 8.91. The molecule has 0 radical (unpaired) electrons. The van der Waals surface area contributed by atoms with E-state index in [1.807, 2.05) is 12.3 Å². The van der Waals surface area contributed by atoms with Crippen LogP contribution in [-0.4, -0.2) is 34.2 Å². The number of hydrogen-bond acceptors (Lipinski definition) is 4. The topological polar surface area (TPSA) is 93.4 Å². The number of fused-ring (bicyclic) bond motifs is 1. The summed E-state index contributed by atoms with van der Waals surface area (Å²) < 4.78 is 0. The molecule has 0 aliphatic carbocycles. The Labute approximate surface area is 247 Å². The summed E-state index contributed by atoms with van der Waals surface area (Å²) in [5.74, 6) is -0.198. The van der Waals surface area contributed by atoms with E-state index in [0.29, 0.717) is 30.0 Å². The van der Waals surface area contributed by atoms with Crippen LogP contribution in [-0.2, 0) is 24.1 Å². The lowest BCUT2D eigenvalue weighted by molar-refractivity contribution is -0.118. The molecule has 0 unspecified atom stereocenters. The maximum absolute atomic E-state index is 12.6. The Morgan fingerprint density at radius 2 is 1.52 bits per heavy atom. The molecule has 0 fully saturated rings. The van der Waals surface area contributed by atoms with E-state index in [4.69, 9.17) is 5.73 Å². The number of aromatic nitrogens is 1. The van der Waals surface area contributed by atoms with Gasteiger partial charge in [0.15, 0.2) is 0 Å². The lowest BCUT2D eigenvalue weighted by Crippen LogP contribution is -2.30. The summed E-state index contributed by atoms with van der Waals surface area (Å²) in [6.45, 7) is 4.79. The van der Waals surface area contributed by atoms with E-state index in [-0.39, 0.29) is 24.1 Å². The molecule has 1 aliphatic rings. The highest BCUT2D eigenvalue weighted by molar-refractivity contribution is 6.21. The summed E-state index contributed by atoms with van der Waals surface area (Å²) in [6, 6.07) is 26.1. The molecule has 0 saturated carbocycles. The van der Waals surface area contributed by atoms with Crippen molar-refractivity contribution >= 4 is 17.7 Å². The van der Waals surface area contributed by atoms with Gasteiger partial charge in [-0.1, -0.05) is 68.4 Å². The van der Waals surface area contributed by atoms with Crippen LogP contribution in [0.15, 0.2) is 85.1 Å². The number of amides is 3. The van der Waals surface area contributed by atoms with Crippen LogP contribution in [0.4, 0.5) is 0 Å². The van der Waals surface area contributed by atoms with Gasteiger partial charge in [-0.25, -0.2) is 0 Å². The van der Waals surface area contributed by atoms with Gasteiger partial charge in [0.2, 0.25) is 5.91 Å². The summed E-state index contributed by atoms with van der Waals surface area (Å²) in [5, 5.41) is 0. The van der Waals surface area contributed by atoms with E-state index in [2.05, 4.69) is 67.4 Å². The average molecular weight is 560 g/mol. The van der Waals surface area contributed by atoms with Crippen molar-refractivity contribution in [1.82, 2.24) is 9.88 Å². The smallest absolute Gasteiger partial charge is 0.261 e. The molecule has 0 saturated heterocycles. The molecule has 2 N–H and O–H groups in total. The Morgan fingerprint density at radius 1 is 0.786 bits per heavy atom. The van der Waals surface area contributed by atoms with Gasteiger partial charge in [0.1, 0.15) is 0 Å². The monoisotopic (exact) mass is 559 g/mol. The summed E-state index contributed by atoms with van der Waals surface area (Å²) in [5.41, 5.74) is 14.2. The first kappa shape index (κ1) is 28.9. The molecule has 3 aromatic carbocycles. The van der Waals surface area contributed by atoms with E-state index in [1.54, 1.807) is 24.3 Å². The fourth-order valence-corrected chi connectivity index (χ4v) is 5.64. The normalized spacial score (nSPS) is 12.7. The Morgan fingerprint density at radius 3 is 2.24 bits per heavy atom. The third-order valence-corrected chi connectivity index (χ3v) is 7.73. The molecule has 2 heterocycles. The summed E-state index contributed by atoms with van der Waals surface area (Å²) in [7, 11) is 0. The third-order valence-electron chi connectivity index (χ3n) is 7.73. The first-order valence-electron chi connectivity index (χ1n) is 14.7. The van der Waals surface area contributed by atoms with Crippen molar-refractivity contribution in [2.75, 3.05) is 6.54 Å². The van der Waals surface area contributed by atoms with Crippen molar-refractivity contribution in [3.63, 3.8) is 0 Å². The number of nitrogens with two attached hydrogens (primary N) is 1. The zero-order valence-corrected chi connectivity index (χ0v) is 24.3. The number of benzene rings is 3. The Balaban J connectivity index is 1.28. The van der Waals surface area contributed by atoms with E-state index in [9.17, 15) is 14.4 Å². The Hall–Kier alpha value is -4.58. The fraction of sp³-hybridized carbons (Fsp3) is 0.278. The average Bonchev–Trinajstić information content (AvgIpc) is 3.23. The minimum absolute atomic E-state index is 0.198. The van der Waals surface area contributed by atoms with Crippen molar-refractivity contribution in [2.24, 2.45) is 11.7 Å². The number of imide groups is 1. The van der Waals surface area contributed by atoms with Gasteiger partial charge in [-0.3, -0.25) is 24.3 Å². The molecule has 0 atom stereocenters. The van der Waals surface area contributed by atoms with Crippen molar-refractivity contribution in [1.29, 1.82) is 0 Å². The van der Waals surface area contributed by atoms with Crippen molar-refractivity contribution < 1.29 is 14.4 Å². The number of primary amides is 1. The molecule has 5 rings (SSSR count). The number of rotatable bonds is 12. The number of carbonyl (C=O) groups excluding carboxylic acids is 3. The lowest BCUT2D eigenvalue weighted by atomic mass is 9.91. The zero-order valence-electron chi connectivity index (χ0n) is 24.3. The minimum atomic E-state index is -0.315. The highest BCUT2D eigenvalue weighted by Gasteiger charge is 2.34. The number of carbonyl (C=O) groups is 3. The van der Waals surface area contributed by atoms with Crippen LogP contribution in [0.1, 0.15) is 70.6 Å². The molecule has 1 aromatic heterocycles. The standard InChI is InChI=1S/C36H37N3O3/c1-24(2)20-30-23-29(17-18-38-30)31-15-13-27(22-28(31)14-16-34(37)40)26-10-7-9-25(21-26)8-5-6-19-39-35(41)32-11-3-4-12-33(32)36(39)42/h3-4,7,9-13,15,17-18,21-24H,5-6,8,14,16,19-20H2,1-2H3,(H2,37,40). The van der Waals surface area contributed by atoms with Crippen molar-refractivity contribution in [2.45, 2.75) is 52.4 Å². The quantitative estimate of drug-likeness (QED) is 0.155. The van der Waals surface area contributed by atoms with E-state index >= 15 is 0 Å². The van der Waals surface area contributed by atoms with Crippen LogP contribution in [0.3, 0.4) is 0 Å². The zero-order chi connectivity index (χ0) is 29.6. The van der Waals surface area contributed by atoms with E-state index < -0.39 is 0 Å². The molecule has 0 bridgehead atoms. The molecule has 42 heavy (non-hydrogen) atoms. The second kappa shape index (κ2) is 12.9. The first-order valence-corrected chi connectivity index (χ1v) is 14.7. The highest BCUT2D eigenvalue weighted by Crippen LogP contribution is 2.31. The summed E-state index contributed by atoms with van der Waals surface area (Å²) >= 11 is 0. The van der Waals surface area contributed by atoms with Gasteiger partial charge < -0.3 is 5.73 Å². The summed E-state index contributed by atoms with van der Waals surface area (Å²) in [4.78, 5) is 42.8. The number of unbranched alkanes of at least 4 members (excludes halogenated alkanes) is 1. The molecule has 0 spiro atoms. The van der Waals surface area contributed by atoms with Crippen LogP contribution in [0, 0.1) is 5.92 Å². The maximum atomic E-state index is 12.6. The predicted octanol–water partition coefficient (Wildman–Crippen LogP) is 6.65. The molecule has 214 valence electrons. The molecular formula is C36H37N3O3. The van der Waals surface area contributed by atoms with Gasteiger partial charge >= 0.3 is 0 Å². The molecular weight excluding hydrogens is 522 g/mol. The number of pyridine rings is 1. The SMILES string of the molecule is CC(C)Cc1cc(-c2ccc(-c3cccc(CCCCN4C(=O)c5ccccc5C4=O)c3)cc2CCC(N)=O)ccn1. The van der Waals surface area contributed by atoms with E-state index in [0.717, 1.165) is 59.2 Å². The van der Waals surface area contributed by atoms with Crippen LogP contribution < -0.4 is 5.73 Å². The van der Waals surface area contributed by atoms with Crippen LogP contribution >= 0.6 is 0 Å². The van der Waals surface area contributed by atoms with Crippen LogP contribution in [0.2, 0.25) is 0 Å². The van der Waals surface area contributed by atoms with Crippen molar-refractivity contribution in [3.05, 3.63) is 113 Å². The lowest BCUT2D eigenvalue weighted by Gasteiger charge is -2.15. The van der Waals surface area contributed by atoms with Crippen LogP contribution in [0.25, 0.3) is 22.3 Å². The van der Waals surface area contributed by atoms with E-state index in [1.165, 1.54) is 10.5 Å². The number of aryl methyl sites for hydroxylation is 2. The van der Waals surface area contributed by atoms with Crippen molar-refractivity contribution in [3.8, 4) is 22.3 Å². The fourth-order valence-electron chi connectivity index (χ4n) is 5.64. The Bertz CT molecular complexity index is 1590. The van der Waals surface area contributed by atoms with Gasteiger partial charge in [-0.2, -0.15) is 0 Å². The number of nitrogens with zero attached hydrogens (tertiary/aromatic N) is 2. The maximum Gasteiger partial charge on any atom is 0.261 e. The van der Waals surface area contributed by atoms with Gasteiger partial charge in [0, 0.05) is 24.9 Å². The largest absolute Gasteiger partial charge is 0.370 e. The molecule has 6 nitrogen and oxygen atoms in total. The molecule has 6 heteroatoms.